The molecule has 147 heavy (non-hydrogen) atoms. The van der Waals surface area contributed by atoms with Gasteiger partial charge in [-0.2, -0.15) is 10.5 Å². The van der Waals surface area contributed by atoms with E-state index in [2.05, 4.69) is 232 Å². The molecule has 49 nitrogen and oxygen atoms in total. The maximum absolute atomic E-state index is 8.49. The van der Waals surface area contributed by atoms with Crippen LogP contribution in [-0.4, -0.2) is 234 Å². The third-order valence-corrected chi connectivity index (χ3v) is 17.9. The van der Waals surface area contributed by atoms with Crippen molar-refractivity contribution in [2.45, 2.75) is 160 Å². The van der Waals surface area contributed by atoms with E-state index in [1.807, 2.05) is 98.1 Å². The second-order valence-corrected chi connectivity index (χ2v) is 32.7. The molecule has 3 aliphatic heterocycles. The Balaban J connectivity index is -0.000000140. The molecule has 11 heterocycles. The van der Waals surface area contributed by atoms with Crippen LogP contribution in [0.15, 0.2) is 195 Å². The van der Waals surface area contributed by atoms with E-state index in [0.29, 0.717) is 0 Å². The third kappa shape index (κ3) is 135. The molecule has 0 saturated carbocycles. The van der Waals surface area contributed by atoms with Crippen LogP contribution in [0.1, 0.15) is 153 Å². The summed E-state index contributed by atoms with van der Waals surface area (Å²) in [5.74, 6) is 0. The third-order valence-electron chi connectivity index (χ3n) is 17.9. The maximum atomic E-state index is 8.49. The molecule has 3 saturated heterocycles. The Hall–Kier alpha value is -5.56. The number of aromatic nitrogens is 8. The number of hydrogen-bond acceptors (Lipinski definition) is 45. The molecule has 0 bridgehead atoms. The monoisotopic (exact) mass is 2380 g/mol. The summed E-state index contributed by atoms with van der Waals surface area (Å²) in [6, 6.07) is 52.4. The zero-order valence-corrected chi connectivity index (χ0v) is 92.5. The van der Waals surface area contributed by atoms with Crippen molar-refractivity contribution in [2.24, 2.45) is 0 Å². The first kappa shape index (κ1) is 166. The van der Waals surface area contributed by atoms with E-state index in [-0.39, 0.29) is 90.2 Å². The number of nitrogens with zero attached hydrogens (tertiary/aromatic N) is 18. The van der Waals surface area contributed by atoms with Gasteiger partial charge in [0.2, 0.25) is 0 Å². The maximum Gasteiger partial charge on any atom is 3.00 e. The van der Waals surface area contributed by atoms with Crippen molar-refractivity contribution in [1.82, 2.24) is 79.1 Å². The van der Waals surface area contributed by atoms with Crippen LogP contribution in [-0.2, 0) is 146 Å². The second-order valence-electron chi connectivity index (χ2n) is 28.2. The Morgan fingerprint density at radius 2 is 0.320 bits per heavy atom. The Morgan fingerprint density at radius 3 is 0.374 bits per heavy atom. The molecule has 840 valence electrons. The summed E-state index contributed by atoms with van der Waals surface area (Å²) in [7, 11) is -29.7. The molecule has 0 unspecified atom stereocenters. The van der Waals surface area contributed by atoms with Crippen LogP contribution in [0.3, 0.4) is 0 Å². The summed E-state index contributed by atoms with van der Waals surface area (Å²) in [6.45, 7) is 50.5. The fourth-order valence-electron chi connectivity index (χ4n) is 11.2. The summed E-state index contributed by atoms with van der Waals surface area (Å²) in [5.41, 5.74) is 9.09. The molecule has 0 amide bonds. The van der Waals surface area contributed by atoms with E-state index in [0.717, 1.165) is 242 Å². The van der Waals surface area contributed by atoms with Gasteiger partial charge < -0.3 is 36.1 Å². The minimum atomic E-state index is -4.94. The molecule has 0 aliphatic carbocycles. The van der Waals surface area contributed by atoms with Crippen molar-refractivity contribution in [3.63, 3.8) is 0 Å². The zero-order chi connectivity index (χ0) is 106. The van der Waals surface area contributed by atoms with E-state index < -0.39 is 61.5 Å². The first-order valence-electron chi connectivity index (χ1n) is 43.6. The van der Waals surface area contributed by atoms with Crippen LogP contribution in [0.25, 0.3) is 0 Å². The van der Waals surface area contributed by atoms with Gasteiger partial charge >= 0.3 is 68.3 Å². The largest absolute Gasteiger partial charge is 3.00 e. The van der Waals surface area contributed by atoms with Crippen molar-refractivity contribution < 1.29 is 278 Å². The molecular weight excluding hydrogens is 2240 g/mol. The number of pyridine rings is 8. The van der Waals surface area contributed by atoms with Crippen molar-refractivity contribution in [1.29, 1.82) is 10.5 Å². The molecule has 4 N–H and O–H groups in total. The van der Waals surface area contributed by atoms with Gasteiger partial charge in [-0.05, 0) is 188 Å². The molecular formula is C88H138Cl6Fe4N18O31. The Kier molecular flexibility index (Phi) is 122. The number of ether oxygens (including phenoxy) is 3. The van der Waals surface area contributed by atoms with Crippen molar-refractivity contribution in [2.75, 3.05) is 144 Å². The average Bonchev–Trinajstić information content (AvgIpc) is 1.40. The van der Waals surface area contributed by atoms with Crippen LogP contribution >= 0.6 is 0 Å². The van der Waals surface area contributed by atoms with Gasteiger partial charge in [-0.1, -0.05) is 104 Å². The summed E-state index contributed by atoms with van der Waals surface area (Å²) in [5, 5.41) is 14.6. The summed E-state index contributed by atoms with van der Waals surface area (Å²) in [6.07, 6.45) is 22.6. The van der Waals surface area contributed by atoms with Gasteiger partial charge in [-0.3, -0.25) is 79.1 Å². The van der Waals surface area contributed by atoms with Crippen molar-refractivity contribution in [3.05, 3.63) is 241 Å². The Bertz CT molecular complexity index is 3330. The van der Waals surface area contributed by atoms with E-state index in [4.69, 9.17) is 137 Å². The first-order chi connectivity index (χ1) is 65.6. The molecule has 59 heteroatoms. The smallest absolute Gasteiger partial charge is 2.00 e. The van der Waals surface area contributed by atoms with Crippen LogP contribution in [0.5, 0.6) is 0 Å². The first-order valence-corrected chi connectivity index (χ1v) is 51.0. The van der Waals surface area contributed by atoms with Crippen LogP contribution in [0, 0.1) is 84.1 Å². The standard InChI is InChI=1S/4C18H26N4.3C4H8O.2C2H3N.6ClHO4.4Fe.2H2O.2O/c4*1-3-21(15-17-9-5-7-11-19-17)13-14-22(4-2)16-18-10-6-8-12-20-18;3*1-2-4-5-3-1;2*1-2-3;6*2-1(3,4)5;;;;;;;;/h4*5-12H,3-4,13-16H2,1-2H3;3*1-4H2;2*1H3;6*(H,2,3,4,5);;;;;2*1H2;;/q;;;;;;;;;;;;;;;2*+2;2*+3;;;2*-2/p-6. The fourth-order valence-corrected chi connectivity index (χ4v) is 11.2. The van der Waals surface area contributed by atoms with E-state index in [1.54, 1.807) is 12.1 Å². The molecule has 8 aromatic heterocycles. The predicted molar refractivity (Wildman–Crippen MR) is 453 cm³/mol. The Morgan fingerprint density at radius 1 is 0.231 bits per heavy atom. The molecule has 3 aliphatic rings. The van der Waals surface area contributed by atoms with Gasteiger partial charge in [0.1, 0.15) is 0 Å². The van der Waals surface area contributed by atoms with Gasteiger partial charge in [0.15, 0.2) is 0 Å². The van der Waals surface area contributed by atoms with Gasteiger partial charge in [0.05, 0.1) is 57.7 Å². The number of nitriles is 2. The minimum Gasteiger partial charge on any atom is -2.00 e. The quantitative estimate of drug-likeness (QED) is 0.0329. The zero-order valence-electron chi connectivity index (χ0n) is 83.5. The molecule has 2 radical (unpaired) electrons. The number of halogens is 6. The summed E-state index contributed by atoms with van der Waals surface area (Å²) >= 11 is 0. The fraction of sp³-hybridized carbons (Fsp3) is 0.523. The number of likely N-dealkylation sites (N-methyl/N-ethyl adjacent to an activating group) is 8. The van der Waals surface area contributed by atoms with Crippen LogP contribution in [0.2, 0.25) is 0 Å². The predicted octanol–water partition coefficient (Wildman–Crippen LogP) is -15.7. The molecule has 0 aromatic carbocycles. The van der Waals surface area contributed by atoms with Gasteiger partial charge in [-0.25, -0.2) is 112 Å². The summed E-state index contributed by atoms with van der Waals surface area (Å²) < 4.78 is 219. The van der Waals surface area contributed by atoms with E-state index >= 15 is 0 Å². The molecule has 0 spiro atoms. The van der Waals surface area contributed by atoms with Gasteiger partial charge in [-0.15, -0.1) is 61.5 Å². The second kappa shape index (κ2) is 107. The Labute approximate surface area is 918 Å². The SMILES string of the molecule is C1CCOC1.C1CCOC1.C1CCOC1.CC#N.CC#N.CCN(CCN(CC)Cc1ccccn1)Cc1ccccn1.CCN(CCN(CC)Cc1ccccn1)Cc1ccccn1.CCN(CCN(CC)Cc1ccccn1)Cc1ccccn1.CCN(CCN(CC)Cc1ccccn1)Cc1ccccn1.O.O.[Fe+2].[Fe+2].[Fe+3].[Fe+3].[O-2].[O-2].[O-][Cl+3]([O-])([O-])[O-].[O-][Cl+3]([O-])([O-])[O-].[O-][Cl+3]([O-])([O-])[O-].[O-][Cl+3]([O-])([O-])[O-].[O-][Cl+3]([O-])([O-])[O-].[O-][Cl+3]([O-])([O-])[O-]. The average molecular weight is 2380 g/mol. The summed E-state index contributed by atoms with van der Waals surface area (Å²) in [4.78, 5) is 54.8. The molecule has 3 fully saturated rings. The topological polar surface area (TPSA) is 878 Å². The van der Waals surface area contributed by atoms with Crippen LogP contribution in [0.4, 0.5) is 0 Å². The van der Waals surface area contributed by atoms with E-state index in [1.165, 1.54) is 52.4 Å². The molecule has 0 atom stereocenters. The number of rotatable bonds is 36. The van der Waals surface area contributed by atoms with Crippen LogP contribution < -0.4 is 112 Å². The molecule has 11 rings (SSSR count). The van der Waals surface area contributed by atoms with Crippen molar-refractivity contribution >= 4 is 0 Å². The van der Waals surface area contributed by atoms with Gasteiger partial charge in [0.25, 0.3) is 0 Å². The molecule has 8 aromatic rings. The van der Waals surface area contributed by atoms with E-state index in [9.17, 15) is 0 Å². The number of hydrogen-bond donors (Lipinski definition) is 0. The normalized spacial score (nSPS) is 11.8. The van der Waals surface area contributed by atoms with Crippen molar-refractivity contribution in [3.8, 4) is 12.1 Å². The minimum absolute atomic E-state index is 0. The van der Waals surface area contributed by atoms with Gasteiger partial charge in [0, 0.05) is 208 Å².